The Kier molecular flexibility index (Phi) is 6.29. The smallest absolute Gasteiger partial charge is 0.236 e. The lowest BCUT2D eigenvalue weighted by atomic mass is 10.2. The topological polar surface area (TPSA) is 76.4 Å². The van der Waals surface area contributed by atoms with Crippen molar-refractivity contribution >= 4 is 11.9 Å². The summed E-state index contributed by atoms with van der Waals surface area (Å²) in [6.45, 7) is 8.61. The number of rotatable bonds is 6. The number of likely N-dealkylation sites (N-methyl/N-ethyl adjacent to an activating group) is 1. The van der Waals surface area contributed by atoms with Crippen LogP contribution in [0.1, 0.15) is 13.8 Å². The van der Waals surface area contributed by atoms with Gasteiger partial charge in [0.25, 0.3) is 0 Å². The molecule has 0 radical (unpaired) electrons. The molecule has 1 unspecified atom stereocenters. The molecular formula is C16H24N6O. The zero-order valence-electron chi connectivity index (χ0n) is 13.9. The van der Waals surface area contributed by atoms with Gasteiger partial charge in [0.15, 0.2) is 0 Å². The fraction of sp³-hybridized carbons (Fsp3) is 0.625. The first-order valence-corrected chi connectivity index (χ1v) is 8.05. The van der Waals surface area contributed by atoms with Gasteiger partial charge in [-0.3, -0.25) is 9.69 Å². The SMILES string of the molecule is CCN(CC(C)C#N)C(=O)CN1CCN(c2ncccn2)CC1. The van der Waals surface area contributed by atoms with Crippen LogP contribution < -0.4 is 4.90 Å². The Morgan fingerprint density at radius 1 is 1.35 bits per heavy atom. The molecule has 1 aromatic heterocycles. The van der Waals surface area contributed by atoms with E-state index >= 15 is 0 Å². The predicted molar refractivity (Wildman–Crippen MR) is 87.7 cm³/mol. The highest BCUT2D eigenvalue weighted by Crippen LogP contribution is 2.10. The van der Waals surface area contributed by atoms with Gasteiger partial charge in [0.1, 0.15) is 0 Å². The van der Waals surface area contributed by atoms with Gasteiger partial charge < -0.3 is 9.80 Å². The minimum absolute atomic E-state index is 0.0963. The van der Waals surface area contributed by atoms with Crippen molar-refractivity contribution in [2.75, 3.05) is 50.7 Å². The second-order valence-electron chi connectivity index (χ2n) is 5.77. The summed E-state index contributed by atoms with van der Waals surface area (Å²) in [5.41, 5.74) is 0. The number of carbonyl (C=O) groups is 1. The van der Waals surface area contributed by atoms with Crippen molar-refractivity contribution in [3.63, 3.8) is 0 Å². The largest absolute Gasteiger partial charge is 0.341 e. The normalized spacial score (nSPS) is 16.7. The Hall–Kier alpha value is -2.20. The van der Waals surface area contributed by atoms with Crippen LogP contribution in [0.15, 0.2) is 18.5 Å². The maximum absolute atomic E-state index is 12.4. The van der Waals surface area contributed by atoms with Gasteiger partial charge in [-0.15, -0.1) is 0 Å². The first-order chi connectivity index (χ1) is 11.1. The quantitative estimate of drug-likeness (QED) is 0.765. The summed E-state index contributed by atoms with van der Waals surface area (Å²) in [7, 11) is 0. The number of aromatic nitrogens is 2. The lowest BCUT2D eigenvalue weighted by molar-refractivity contribution is -0.132. The van der Waals surface area contributed by atoms with Crippen molar-refractivity contribution in [3.05, 3.63) is 18.5 Å². The van der Waals surface area contributed by atoms with Gasteiger partial charge >= 0.3 is 0 Å². The molecule has 2 rings (SSSR count). The van der Waals surface area contributed by atoms with E-state index in [1.165, 1.54) is 0 Å². The van der Waals surface area contributed by atoms with Crippen molar-refractivity contribution in [2.24, 2.45) is 5.92 Å². The summed E-state index contributed by atoms with van der Waals surface area (Å²) in [5.74, 6) is 0.710. The highest BCUT2D eigenvalue weighted by Gasteiger charge is 2.23. The molecule has 0 aliphatic carbocycles. The molecule has 7 heteroatoms. The monoisotopic (exact) mass is 316 g/mol. The van der Waals surface area contributed by atoms with Crippen molar-refractivity contribution in [1.82, 2.24) is 19.8 Å². The van der Waals surface area contributed by atoms with E-state index in [0.717, 1.165) is 32.1 Å². The van der Waals surface area contributed by atoms with Crippen LogP contribution in [0.3, 0.4) is 0 Å². The molecule has 0 saturated carbocycles. The highest BCUT2D eigenvalue weighted by molar-refractivity contribution is 5.78. The number of nitriles is 1. The molecule has 1 fully saturated rings. The van der Waals surface area contributed by atoms with Gasteiger partial charge in [-0.2, -0.15) is 5.26 Å². The molecule has 1 atom stereocenters. The average Bonchev–Trinajstić information content (AvgIpc) is 2.60. The minimum Gasteiger partial charge on any atom is -0.341 e. The van der Waals surface area contributed by atoms with Crippen molar-refractivity contribution in [3.8, 4) is 6.07 Å². The van der Waals surface area contributed by atoms with E-state index < -0.39 is 0 Å². The van der Waals surface area contributed by atoms with Crippen LogP contribution in [0.25, 0.3) is 0 Å². The van der Waals surface area contributed by atoms with Crippen LogP contribution in [0.2, 0.25) is 0 Å². The van der Waals surface area contributed by atoms with Gasteiger partial charge in [-0.1, -0.05) is 0 Å². The molecule has 23 heavy (non-hydrogen) atoms. The Morgan fingerprint density at radius 3 is 2.57 bits per heavy atom. The van der Waals surface area contributed by atoms with E-state index in [0.29, 0.717) is 19.6 Å². The highest BCUT2D eigenvalue weighted by atomic mass is 16.2. The molecule has 1 saturated heterocycles. The van der Waals surface area contributed by atoms with Gasteiger partial charge in [-0.05, 0) is 19.9 Å². The van der Waals surface area contributed by atoms with Crippen molar-refractivity contribution < 1.29 is 4.79 Å². The Labute approximate surface area is 137 Å². The summed E-state index contributed by atoms with van der Waals surface area (Å²) in [5, 5.41) is 8.90. The number of piperazine rings is 1. The molecule has 1 aliphatic rings. The summed E-state index contributed by atoms with van der Waals surface area (Å²) >= 11 is 0. The standard InChI is InChI=1S/C16H24N6O/c1-3-21(12-14(2)11-17)15(23)13-20-7-9-22(10-8-20)16-18-5-4-6-19-16/h4-6,14H,3,7-10,12-13H2,1-2H3. The molecule has 1 aliphatic heterocycles. The van der Waals surface area contributed by atoms with Crippen LogP contribution >= 0.6 is 0 Å². The summed E-state index contributed by atoms with van der Waals surface area (Å²) in [4.78, 5) is 27.0. The molecule has 1 aromatic rings. The van der Waals surface area contributed by atoms with E-state index in [9.17, 15) is 4.79 Å². The van der Waals surface area contributed by atoms with E-state index in [1.807, 2.05) is 13.8 Å². The molecule has 7 nitrogen and oxygen atoms in total. The Bertz CT molecular complexity index is 535. The molecule has 124 valence electrons. The third kappa shape index (κ3) is 4.89. The van der Waals surface area contributed by atoms with E-state index in [4.69, 9.17) is 5.26 Å². The van der Waals surface area contributed by atoms with Crippen LogP contribution in [-0.4, -0.2) is 71.5 Å². The molecule has 0 aromatic carbocycles. The first-order valence-electron chi connectivity index (χ1n) is 8.05. The van der Waals surface area contributed by atoms with E-state index in [1.54, 1.807) is 23.4 Å². The Balaban J connectivity index is 1.81. The summed E-state index contributed by atoms with van der Waals surface area (Å²) < 4.78 is 0. The number of carbonyl (C=O) groups excluding carboxylic acids is 1. The van der Waals surface area contributed by atoms with E-state index in [-0.39, 0.29) is 11.8 Å². The van der Waals surface area contributed by atoms with Gasteiger partial charge in [0.05, 0.1) is 18.5 Å². The van der Waals surface area contributed by atoms with E-state index in [2.05, 4.69) is 25.8 Å². The van der Waals surface area contributed by atoms with Gasteiger partial charge in [-0.25, -0.2) is 9.97 Å². The third-order valence-corrected chi connectivity index (χ3v) is 4.02. The van der Waals surface area contributed by atoms with Crippen molar-refractivity contribution in [2.45, 2.75) is 13.8 Å². The van der Waals surface area contributed by atoms with Crippen LogP contribution in [0.5, 0.6) is 0 Å². The molecule has 1 amide bonds. The first kappa shape index (κ1) is 17.2. The van der Waals surface area contributed by atoms with Gasteiger partial charge in [0, 0.05) is 51.7 Å². The number of anilines is 1. The fourth-order valence-corrected chi connectivity index (χ4v) is 2.63. The lowest BCUT2D eigenvalue weighted by Gasteiger charge is -2.35. The van der Waals surface area contributed by atoms with Crippen LogP contribution in [0, 0.1) is 17.2 Å². The maximum Gasteiger partial charge on any atom is 0.236 e. The second-order valence-corrected chi connectivity index (χ2v) is 5.77. The second kappa shape index (κ2) is 8.44. The molecular weight excluding hydrogens is 292 g/mol. The number of nitrogens with zero attached hydrogens (tertiary/aromatic N) is 6. The molecule has 0 spiro atoms. The number of hydrogen-bond donors (Lipinski definition) is 0. The predicted octanol–water partition coefficient (Wildman–Crippen LogP) is 0.607. The van der Waals surface area contributed by atoms with Crippen LogP contribution in [0.4, 0.5) is 5.95 Å². The number of hydrogen-bond acceptors (Lipinski definition) is 6. The number of amides is 1. The van der Waals surface area contributed by atoms with Gasteiger partial charge in [0.2, 0.25) is 11.9 Å². The van der Waals surface area contributed by atoms with Crippen LogP contribution in [-0.2, 0) is 4.79 Å². The summed E-state index contributed by atoms with van der Waals surface area (Å²) in [6, 6.07) is 3.99. The zero-order chi connectivity index (χ0) is 16.7. The van der Waals surface area contributed by atoms with Crippen molar-refractivity contribution in [1.29, 1.82) is 5.26 Å². The average molecular weight is 316 g/mol. The summed E-state index contributed by atoms with van der Waals surface area (Å²) in [6.07, 6.45) is 3.49. The molecule has 0 bridgehead atoms. The zero-order valence-corrected chi connectivity index (χ0v) is 13.9. The Morgan fingerprint density at radius 2 is 2.00 bits per heavy atom. The third-order valence-electron chi connectivity index (χ3n) is 4.02. The maximum atomic E-state index is 12.4. The fourth-order valence-electron chi connectivity index (χ4n) is 2.63. The molecule has 2 heterocycles. The molecule has 0 N–H and O–H groups in total. The lowest BCUT2D eigenvalue weighted by Crippen LogP contribution is -2.50. The minimum atomic E-state index is -0.133.